The van der Waals surface area contributed by atoms with Crippen molar-refractivity contribution < 1.29 is 8.78 Å². The van der Waals surface area contributed by atoms with Crippen LogP contribution in [0.5, 0.6) is 0 Å². The average Bonchev–Trinajstić information content (AvgIpc) is 1.99. The molecule has 1 rings (SSSR count). The molecule has 1 aromatic rings. The number of hydrogen-bond donors (Lipinski definition) is 0. The monoisotopic (exact) mass is 346 g/mol. The molecule has 0 aliphatic rings. The Morgan fingerprint density at radius 2 is 2.00 bits per heavy atom. The molecule has 66 valence electrons. The highest BCUT2D eigenvalue weighted by molar-refractivity contribution is 14.1. The molecular weight excluding hydrogens is 341 g/mol. The molecule has 0 amide bonds. The van der Waals surface area contributed by atoms with Crippen molar-refractivity contribution in [3.63, 3.8) is 0 Å². The van der Waals surface area contributed by atoms with Gasteiger partial charge >= 0.3 is 0 Å². The van der Waals surface area contributed by atoms with Gasteiger partial charge in [-0.15, -0.1) is 0 Å². The van der Waals surface area contributed by atoms with Crippen LogP contribution in [-0.2, 0) is 0 Å². The Hall–Kier alpha value is 0.290. The fraction of sp³-hybridized carbons (Fsp3) is 0.250. The zero-order valence-electron chi connectivity index (χ0n) is 6.24. The lowest BCUT2D eigenvalue weighted by molar-refractivity contribution is 0.151. The van der Waals surface area contributed by atoms with E-state index >= 15 is 0 Å². The van der Waals surface area contributed by atoms with Crippen molar-refractivity contribution >= 4 is 38.5 Å². The summed E-state index contributed by atoms with van der Waals surface area (Å²) in [6.45, 7) is 1.89. The SMILES string of the molecule is Cc1c(Br)cc(C(F)F)cc1I. The number of benzene rings is 1. The summed E-state index contributed by atoms with van der Waals surface area (Å²) < 4.78 is 26.1. The van der Waals surface area contributed by atoms with Gasteiger partial charge < -0.3 is 0 Å². The fourth-order valence-electron chi connectivity index (χ4n) is 0.791. The van der Waals surface area contributed by atoms with Crippen LogP contribution in [0.15, 0.2) is 16.6 Å². The predicted octanol–water partition coefficient (Wildman–Crippen LogP) is 4.30. The van der Waals surface area contributed by atoms with Crippen LogP contribution in [0.2, 0.25) is 0 Å². The molecule has 0 N–H and O–H groups in total. The first-order valence-electron chi connectivity index (χ1n) is 3.26. The van der Waals surface area contributed by atoms with Crippen LogP contribution in [0, 0.1) is 10.5 Å². The normalized spacial score (nSPS) is 10.8. The first kappa shape index (κ1) is 10.4. The number of hydrogen-bond acceptors (Lipinski definition) is 0. The highest BCUT2D eigenvalue weighted by Crippen LogP contribution is 2.28. The van der Waals surface area contributed by atoms with Crippen LogP contribution in [-0.4, -0.2) is 0 Å². The Kier molecular flexibility index (Phi) is 3.46. The van der Waals surface area contributed by atoms with Gasteiger partial charge in [-0.3, -0.25) is 0 Å². The second kappa shape index (κ2) is 4.00. The summed E-state index contributed by atoms with van der Waals surface area (Å²) in [5.41, 5.74) is 1.07. The topological polar surface area (TPSA) is 0 Å². The van der Waals surface area contributed by atoms with E-state index in [0.717, 1.165) is 13.6 Å². The van der Waals surface area contributed by atoms with Gasteiger partial charge in [0.1, 0.15) is 0 Å². The quantitative estimate of drug-likeness (QED) is 0.665. The van der Waals surface area contributed by atoms with Crippen LogP contribution >= 0.6 is 38.5 Å². The predicted molar refractivity (Wildman–Crippen MR) is 56.6 cm³/mol. The third-order valence-corrected chi connectivity index (χ3v) is 3.50. The zero-order valence-corrected chi connectivity index (χ0v) is 9.99. The Bertz CT molecular complexity index is 276. The molecule has 1 aromatic carbocycles. The Morgan fingerprint density at radius 3 is 2.42 bits per heavy atom. The van der Waals surface area contributed by atoms with Gasteiger partial charge in [0.25, 0.3) is 6.43 Å². The van der Waals surface area contributed by atoms with Crippen LogP contribution in [0.1, 0.15) is 17.6 Å². The van der Waals surface area contributed by atoms with Crippen LogP contribution < -0.4 is 0 Å². The summed E-state index contributed by atoms with van der Waals surface area (Å²) in [5, 5.41) is 0. The van der Waals surface area contributed by atoms with E-state index in [1.807, 2.05) is 29.5 Å². The van der Waals surface area contributed by atoms with E-state index in [2.05, 4.69) is 15.9 Å². The summed E-state index contributed by atoms with van der Waals surface area (Å²) in [7, 11) is 0. The Balaban J connectivity index is 3.21. The van der Waals surface area contributed by atoms with Gasteiger partial charge in [0.2, 0.25) is 0 Å². The maximum atomic E-state index is 12.2. The molecule has 0 saturated carbocycles. The number of rotatable bonds is 1. The summed E-state index contributed by atoms with van der Waals surface area (Å²) >= 11 is 5.27. The third kappa shape index (κ3) is 2.16. The molecule has 0 unspecified atom stereocenters. The van der Waals surface area contributed by atoms with E-state index in [9.17, 15) is 8.78 Å². The van der Waals surface area contributed by atoms with Crippen molar-refractivity contribution in [2.45, 2.75) is 13.3 Å². The molecule has 0 saturated heterocycles. The Morgan fingerprint density at radius 1 is 1.42 bits per heavy atom. The second-order valence-corrected chi connectivity index (χ2v) is 4.43. The molecule has 0 heterocycles. The maximum absolute atomic E-state index is 12.2. The highest BCUT2D eigenvalue weighted by Gasteiger charge is 2.10. The lowest BCUT2D eigenvalue weighted by atomic mass is 10.2. The smallest absolute Gasteiger partial charge is 0.205 e. The number of halogens is 4. The molecule has 0 bridgehead atoms. The maximum Gasteiger partial charge on any atom is 0.263 e. The summed E-state index contributed by atoms with van der Waals surface area (Å²) in [6, 6.07) is 2.97. The third-order valence-electron chi connectivity index (χ3n) is 1.56. The molecule has 0 aliphatic carbocycles. The molecule has 0 atom stereocenters. The lowest BCUT2D eigenvalue weighted by Gasteiger charge is -2.05. The molecule has 0 aliphatic heterocycles. The second-order valence-electron chi connectivity index (χ2n) is 2.41. The van der Waals surface area contributed by atoms with Gasteiger partial charge in [-0.1, -0.05) is 15.9 Å². The lowest BCUT2D eigenvalue weighted by Crippen LogP contribution is -1.89. The fourth-order valence-corrected chi connectivity index (χ4v) is 2.29. The average molecular weight is 347 g/mol. The molecule has 0 spiro atoms. The minimum atomic E-state index is -2.39. The Labute approximate surface area is 91.6 Å². The summed E-state index contributed by atoms with van der Waals surface area (Å²) in [5.74, 6) is 0. The van der Waals surface area contributed by atoms with Crippen LogP contribution in [0.4, 0.5) is 8.78 Å². The molecule has 0 fully saturated rings. The van der Waals surface area contributed by atoms with Gasteiger partial charge in [-0.05, 0) is 47.2 Å². The van der Waals surface area contributed by atoms with E-state index in [1.54, 1.807) is 0 Å². The van der Waals surface area contributed by atoms with Gasteiger partial charge in [-0.25, -0.2) is 8.78 Å². The standard InChI is InChI=1S/C8H6BrF2I/c1-4-6(9)2-5(8(10)11)3-7(4)12/h2-3,8H,1H3. The molecular formula is C8H6BrF2I. The molecule has 0 aromatic heterocycles. The number of alkyl halides is 2. The van der Waals surface area contributed by atoms with Crippen molar-refractivity contribution in [3.8, 4) is 0 Å². The largest absolute Gasteiger partial charge is 0.263 e. The van der Waals surface area contributed by atoms with Gasteiger partial charge in [0.15, 0.2) is 0 Å². The molecule has 0 radical (unpaired) electrons. The summed E-state index contributed by atoms with van der Waals surface area (Å²) in [4.78, 5) is 0. The first-order valence-corrected chi connectivity index (χ1v) is 5.13. The zero-order chi connectivity index (χ0) is 9.30. The van der Waals surface area contributed by atoms with E-state index in [-0.39, 0.29) is 5.56 Å². The van der Waals surface area contributed by atoms with Crippen molar-refractivity contribution in [1.82, 2.24) is 0 Å². The van der Waals surface area contributed by atoms with Crippen molar-refractivity contribution in [3.05, 3.63) is 31.3 Å². The van der Waals surface area contributed by atoms with E-state index < -0.39 is 6.43 Å². The highest BCUT2D eigenvalue weighted by atomic mass is 127. The van der Waals surface area contributed by atoms with Crippen molar-refractivity contribution in [2.75, 3.05) is 0 Å². The minimum Gasteiger partial charge on any atom is -0.205 e. The minimum absolute atomic E-state index is 0.0666. The van der Waals surface area contributed by atoms with E-state index in [4.69, 9.17) is 0 Å². The van der Waals surface area contributed by atoms with E-state index in [0.29, 0.717) is 0 Å². The van der Waals surface area contributed by atoms with Gasteiger partial charge in [-0.2, -0.15) is 0 Å². The molecule has 12 heavy (non-hydrogen) atoms. The van der Waals surface area contributed by atoms with E-state index in [1.165, 1.54) is 12.1 Å². The van der Waals surface area contributed by atoms with Crippen molar-refractivity contribution in [1.29, 1.82) is 0 Å². The molecule has 4 heteroatoms. The van der Waals surface area contributed by atoms with Gasteiger partial charge in [0.05, 0.1) is 0 Å². The van der Waals surface area contributed by atoms with Gasteiger partial charge in [0, 0.05) is 13.6 Å². The summed E-state index contributed by atoms with van der Waals surface area (Å²) in [6.07, 6.45) is -2.39. The van der Waals surface area contributed by atoms with Crippen LogP contribution in [0.25, 0.3) is 0 Å². The molecule has 0 nitrogen and oxygen atoms in total. The van der Waals surface area contributed by atoms with Crippen molar-refractivity contribution in [2.24, 2.45) is 0 Å². The van der Waals surface area contributed by atoms with Crippen LogP contribution in [0.3, 0.4) is 0 Å². The first-order chi connectivity index (χ1) is 5.52.